The van der Waals surface area contributed by atoms with E-state index in [-0.39, 0.29) is 12.3 Å². The lowest BCUT2D eigenvalue weighted by Gasteiger charge is -2.21. The zero-order valence-electron chi connectivity index (χ0n) is 14.3. The van der Waals surface area contributed by atoms with Crippen molar-refractivity contribution in [2.24, 2.45) is 0 Å². The summed E-state index contributed by atoms with van der Waals surface area (Å²) in [4.78, 5) is 37.0. The van der Waals surface area contributed by atoms with E-state index in [2.05, 4.69) is 10.6 Å². The smallest absolute Gasteiger partial charge is 0.322 e. The molecule has 2 aliphatic heterocycles. The third-order valence-corrected chi connectivity index (χ3v) is 4.60. The first-order valence-corrected chi connectivity index (χ1v) is 8.14. The van der Waals surface area contributed by atoms with E-state index < -0.39 is 18.0 Å². The third kappa shape index (κ3) is 3.52. The van der Waals surface area contributed by atoms with Gasteiger partial charge in [-0.3, -0.25) is 14.9 Å². The summed E-state index contributed by atoms with van der Waals surface area (Å²) in [6, 6.07) is 2.57. The van der Waals surface area contributed by atoms with E-state index in [4.69, 9.17) is 9.47 Å². The summed E-state index contributed by atoms with van der Waals surface area (Å²) >= 11 is 0. The summed E-state index contributed by atoms with van der Waals surface area (Å²) in [5, 5.41) is 4.60. The van der Waals surface area contributed by atoms with E-state index in [0.717, 1.165) is 11.1 Å². The van der Waals surface area contributed by atoms with Gasteiger partial charge in [0, 0.05) is 13.1 Å². The molecule has 0 bridgehead atoms. The second-order valence-electron chi connectivity index (χ2n) is 6.08. The molecule has 1 atom stereocenters. The Kier molecular flexibility index (Phi) is 4.78. The average Bonchev–Trinajstić information content (AvgIpc) is 2.80. The standard InChI is InChI=1S/C17H21N3O5/c1-24-13-7-10-3-5-20(6-4-11(10)8-14(13)25-2)15(21)9-12-16(22)19-17(23)18-12/h7-8,12H,3-6,9H2,1-2H3,(H2,18,19,22,23)/t12-/m1/s1. The molecular weight excluding hydrogens is 326 g/mol. The van der Waals surface area contributed by atoms with Crippen molar-refractivity contribution in [1.82, 2.24) is 15.5 Å². The highest BCUT2D eigenvalue weighted by molar-refractivity contribution is 6.05. The maximum atomic E-state index is 12.5. The summed E-state index contributed by atoms with van der Waals surface area (Å²) < 4.78 is 10.7. The fourth-order valence-corrected chi connectivity index (χ4v) is 3.21. The Labute approximate surface area is 145 Å². The molecule has 25 heavy (non-hydrogen) atoms. The second-order valence-corrected chi connectivity index (χ2v) is 6.08. The maximum Gasteiger partial charge on any atom is 0.322 e. The minimum Gasteiger partial charge on any atom is -0.493 e. The molecule has 8 heteroatoms. The molecule has 0 spiro atoms. The molecule has 2 heterocycles. The molecule has 0 unspecified atom stereocenters. The first kappa shape index (κ1) is 17.1. The molecular formula is C17H21N3O5. The number of ether oxygens (including phenoxy) is 2. The highest BCUT2D eigenvalue weighted by atomic mass is 16.5. The molecule has 1 saturated heterocycles. The van der Waals surface area contributed by atoms with Gasteiger partial charge in [0.2, 0.25) is 5.91 Å². The number of hydrogen-bond acceptors (Lipinski definition) is 5. The number of carbonyl (C=O) groups is 3. The predicted molar refractivity (Wildman–Crippen MR) is 88.6 cm³/mol. The van der Waals surface area contributed by atoms with Crippen LogP contribution in [0.2, 0.25) is 0 Å². The van der Waals surface area contributed by atoms with Crippen LogP contribution in [0.5, 0.6) is 11.5 Å². The van der Waals surface area contributed by atoms with Gasteiger partial charge in [0.05, 0.1) is 20.6 Å². The average molecular weight is 347 g/mol. The number of urea groups is 1. The van der Waals surface area contributed by atoms with E-state index in [1.54, 1.807) is 19.1 Å². The summed E-state index contributed by atoms with van der Waals surface area (Å²) in [6.07, 6.45) is 1.37. The van der Waals surface area contributed by atoms with E-state index >= 15 is 0 Å². The van der Waals surface area contributed by atoms with Crippen molar-refractivity contribution in [2.45, 2.75) is 25.3 Å². The van der Waals surface area contributed by atoms with Crippen molar-refractivity contribution in [3.63, 3.8) is 0 Å². The van der Waals surface area contributed by atoms with Crippen LogP contribution in [0, 0.1) is 0 Å². The Morgan fingerprint density at radius 3 is 2.12 bits per heavy atom. The van der Waals surface area contributed by atoms with Gasteiger partial charge in [0.25, 0.3) is 5.91 Å². The minimum absolute atomic E-state index is 0.0272. The largest absolute Gasteiger partial charge is 0.493 e. The van der Waals surface area contributed by atoms with Gasteiger partial charge in [-0.25, -0.2) is 4.79 Å². The Balaban J connectivity index is 1.68. The monoisotopic (exact) mass is 347 g/mol. The number of amides is 4. The lowest BCUT2D eigenvalue weighted by molar-refractivity contribution is -0.133. The maximum absolute atomic E-state index is 12.5. The highest BCUT2D eigenvalue weighted by Gasteiger charge is 2.33. The molecule has 1 aromatic rings. The number of rotatable bonds is 4. The molecule has 8 nitrogen and oxygen atoms in total. The van der Waals surface area contributed by atoms with Gasteiger partial charge < -0.3 is 19.7 Å². The zero-order valence-corrected chi connectivity index (χ0v) is 14.3. The molecule has 2 aliphatic rings. The molecule has 1 aromatic carbocycles. The van der Waals surface area contributed by atoms with Crippen molar-refractivity contribution in [3.05, 3.63) is 23.3 Å². The highest BCUT2D eigenvalue weighted by Crippen LogP contribution is 2.32. The Morgan fingerprint density at radius 2 is 1.68 bits per heavy atom. The Hall–Kier alpha value is -2.77. The van der Waals surface area contributed by atoms with E-state index in [9.17, 15) is 14.4 Å². The molecule has 3 rings (SSSR count). The predicted octanol–water partition coefficient (Wildman–Crippen LogP) is 0.229. The summed E-state index contributed by atoms with van der Waals surface area (Å²) in [5.74, 6) is 0.748. The number of hydrogen-bond donors (Lipinski definition) is 2. The van der Waals surface area contributed by atoms with Gasteiger partial charge in [-0.05, 0) is 36.1 Å². The summed E-state index contributed by atoms with van der Waals surface area (Å²) in [6.45, 7) is 1.12. The van der Waals surface area contributed by atoms with Crippen LogP contribution in [0.15, 0.2) is 12.1 Å². The van der Waals surface area contributed by atoms with Crippen LogP contribution in [0.3, 0.4) is 0 Å². The van der Waals surface area contributed by atoms with Gasteiger partial charge in [-0.2, -0.15) is 0 Å². The molecule has 0 aliphatic carbocycles. The van der Waals surface area contributed by atoms with Crippen LogP contribution in [-0.4, -0.2) is 56.1 Å². The number of benzene rings is 1. The number of fused-ring (bicyclic) bond motifs is 1. The molecule has 1 fully saturated rings. The van der Waals surface area contributed by atoms with Gasteiger partial charge in [-0.15, -0.1) is 0 Å². The van der Waals surface area contributed by atoms with Crippen LogP contribution in [-0.2, 0) is 22.4 Å². The second kappa shape index (κ2) is 7.00. The minimum atomic E-state index is -0.786. The van der Waals surface area contributed by atoms with Crippen molar-refractivity contribution in [2.75, 3.05) is 27.3 Å². The fraction of sp³-hybridized carbons (Fsp3) is 0.471. The third-order valence-electron chi connectivity index (χ3n) is 4.60. The summed E-state index contributed by atoms with van der Waals surface area (Å²) in [5.41, 5.74) is 2.25. The zero-order chi connectivity index (χ0) is 18.0. The van der Waals surface area contributed by atoms with Crippen molar-refractivity contribution < 1.29 is 23.9 Å². The topological polar surface area (TPSA) is 97.0 Å². The van der Waals surface area contributed by atoms with Crippen LogP contribution in [0.25, 0.3) is 0 Å². The molecule has 2 N–H and O–H groups in total. The van der Waals surface area contributed by atoms with E-state index in [1.807, 2.05) is 12.1 Å². The van der Waals surface area contributed by atoms with Gasteiger partial charge in [0.1, 0.15) is 6.04 Å². The van der Waals surface area contributed by atoms with Gasteiger partial charge in [0.15, 0.2) is 11.5 Å². The number of carbonyl (C=O) groups excluding carboxylic acids is 3. The normalized spacial score (nSPS) is 19.6. The van der Waals surface area contributed by atoms with Crippen LogP contribution >= 0.6 is 0 Å². The SMILES string of the molecule is COc1cc2c(cc1OC)CCN(C(=O)C[C@H]1NC(=O)NC1=O)CC2. The molecule has 134 valence electrons. The number of methoxy groups -OCH3 is 2. The van der Waals surface area contributed by atoms with Crippen molar-refractivity contribution >= 4 is 17.8 Å². The lowest BCUT2D eigenvalue weighted by Crippen LogP contribution is -2.40. The number of imide groups is 1. The first-order valence-electron chi connectivity index (χ1n) is 8.14. The molecule has 0 saturated carbocycles. The number of nitrogens with zero attached hydrogens (tertiary/aromatic N) is 1. The van der Waals surface area contributed by atoms with Gasteiger partial charge in [-0.1, -0.05) is 0 Å². The molecule has 4 amide bonds. The number of nitrogens with one attached hydrogen (secondary N) is 2. The fourth-order valence-electron chi connectivity index (χ4n) is 3.21. The molecule has 0 radical (unpaired) electrons. The Morgan fingerprint density at radius 1 is 1.12 bits per heavy atom. The van der Waals surface area contributed by atoms with Crippen molar-refractivity contribution in [1.29, 1.82) is 0 Å². The first-order chi connectivity index (χ1) is 12.0. The van der Waals surface area contributed by atoms with Crippen LogP contribution < -0.4 is 20.1 Å². The summed E-state index contributed by atoms with van der Waals surface area (Å²) in [7, 11) is 3.19. The van der Waals surface area contributed by atoms with Gasteiger partial charge >= 0.3 is 6.03 Å². The van der Waals surface area contributed by atoms with Crippen LogP contribution in [0.4, 0.5) is 4.79 Å². The van der Waals surface area contributed by atoms with Crippen molar-refractivity contribution in [3.8, 4) is 11.5 Å². The molecule has 0 aromatic heterocycles. The van der Waals surface area contributed by atoms with Crippen LogP contribution in [0.1, 0.15) is 17.5 Å². The lowest BCUT2D eigenvalue weighted by atomic mass is 10.0. The van der Waals surface area contributed by atoms with E-state index in [1.165, 1.54) is 0 Å². The van der Waals surface area contributed by atoms with E-state index in [0.29, 0.717) is 37.4 Å². The Bertz CT molecular complexity index is 683. The quantitative estimate of drug-likeness (QED) is 0.760.